The number of aromatic nitrogens is 3. The van der Waals surface area contributed by atoms with Crippen LogP contribution in [0.25, 0.3) is 0 Å². The van der Waals surface area contributed by atoms with E-state index in [2.05, 4.69) is 20.1 Å². The number of nitro groups is 1. The predicted octanol–water partition coefficient (Wildman–Crippen LogP) is 2.65. The highest BCUT2D eigenvalue weighted by Crippen LogP contribution is 2.29. The maximum atomic E-state index is 12.3. The number of fused-ring (bicyclic) bond motifs is 1. The number of nitrogens with zero attached hydrogens (tertiary/aromatic N) is 4. The molecule has 0 saturated heterocycles. The van der Waals surface area contributed by atoms with E-state index in [-0.39, 0.29) is 23.0 Å². The van der Waals surface area contributed by atoms with Crippen LogP contribution >= 0.6 is 11.8 Å². The third-order valence-electron chi connectivity index (χ3n) is 4.08. The first-order valence-electron chi connectivity index (χ1n) is 8.25. The summed E-state index contributed by atoms with van der Waals surface area (Å²) in [7, 11) is 1.44. The maximum Gasteiger partial charge on any atom is 0.271 e. The molecule has 0 spiro atoms. The topological polar surface area (TPSA) is 112 Å². The van der Waals surface area contributed by atoms with Crippen LogP contribution in [-0.4, -0.2) is 38.5 Å². The molecule has 9 nitrogen and oxygen atoms in total. The second-order valence-corrected chi connectivity index (χ2v) is 6.78. The Kier molecular flexibility index (Phi) is 5.71. The minimum atomic E-state index is -0.519. The first kappa shape index (κ1) is 18.2. The number of carbonyl (C=O) groups is 1. The second-order valence-electron chi connectivity index (χ2n) is 5.84. The molecule has 1 amide bonds. The van der Waals surface area contributed by atoms with Crippen LogP contribution in [0, 0.1) is 10.1 Å². The summed E-state index contributed by atoms with van der Waals surface area (Å²) in [6.07, 6.45) is 4.26. The third-order valence-corrected chi connectivity index (χ3v) is 5.04. The lowest BCUT2D eigenvalue weighted by Crippen LogP contribution is -2.15. The second kappa shape index (κ2) is 8.17. The van der Waals surface area contributed by atoms with Gasteiger partial charge in [-0.15, -0.1) is 10.2 Å². The van der Waals surface area contributed by atoms with Crippen molar-refractivity contribution in [1.82, 2.24) is 14.8 Å². The SMILES string of the molecule is COc1ccc([N+](=O)[O-])cc1NC(=O)CSc1nnc2n1CCCCC2. The number of non-ortho nitro benzene ring substituents is 1. The van der Waals surface area contributed by atoms with Gasteiger partial charge in [0.2, 0.25) is 5.91 Å². The molecule has 0 fully saturated rings. The van der Waals surface area contributed by atoms with Gasteiger partial charge in [-0.2, -0.15) is 0 Å². The van der Waals surface area contributed by atoms with E-state index in [1.807, 2.05) is 0 Å². The lowest BCUT2D eigenvalue weighted by molar-refractivity contribution is -0.384. The van der Waals surface area contributed by atoms with Gasteiger partial charge in [-0.3, -0.25) is 14.9 Å². The molecule has 3 rings (SSSR count). The molecule has 1 aromatic heterocycles. The normalized spacial score (nSPS) is 13.6. The number of hydrogen-bond acceptors (Lipinski definition) is 7. The van der Waals surface area contributed by atoms with Gasteiger partial charge in [-0.05, 0) is 18.9 Å². The number of nitrogens with one attached hydrogen (secondary N) is 1. The number of hydrogen-bond donors (Lipinski definition) is 1. The zero-order valence-electron chi connectivity index (χ0n) is 14.3. The van der Waals surface area contributed by atoms with Crippen molar-refractivity contribution in [3.63, 3.8) is 0 Å². The Morgan fingerprint density at radius 2 is 2.23 bits per heavy atom. The number of carbonyl (C=O) groups excluding carboxylic acids is 1. The van der Waals surface area contributed by atoms with Crippen molar-refractivity contribution in [1.29, 1.82) is 0 Å². The Hall–Kier alpha value is -2.62. The standard InChI is InChI=1S/C16H19N5O4S/c1-25-13-7-6-11(21(23)24)9-12(13)17-15(22)10-26-16-19-18-14-5-3-2-4-8-20(14)16/h6-7,9H,2-5,8,10H2,1H3,(H,17,22). The molecule has 0 unspecified atom stereocenters. The smallest absolute Gasteiger partial charge is 0.271 e. The molecule has 0 bridgehead atoms. The number of rotatable bonds is 6. The first-order chi connectivity index (χ1) is 12.6. The molecule has 1 aliphatic heterocycles. The number of nitro benzene ring substituents is 1. The van der Waals surface area contributed by atoms with Gasteiger partial charge in [0.25, 0.3) is 5.69 Å². The Morgan fingerprint density at radius 3 is 3.00 bits per heavy atom. The molecule has 0 radical (unpaired) electrons. The quantitative estimate of drug-likeness (QED) is 0.468. The Bertz CT molecular complexity index is 823. The van der Waals surface area contributed by atoms with Crippen molar-refractivity contribution in [2.75, 3.05) is 18.2 Å². The molecule has 10 heteroatoms. The van der Waals surface area contributed by atoms with Crippen molar-refractivity contribution in [2.45, 2.75) is 37.4 Å². The number of thioether (sulfide) groups is 1. The third kappa shape index (κ3) is 4.13. The van der Waals surface area contributed by atoms with Crippen LogP contribution in [0.1, 0.15) is 25.1 Å². The Morgan fingerprint density at radius 1 is 1.38 bits per heavy atom. The average Bonchev–Trinajstić information content (AvgIpc) is 2.86. The molecule has 26 heavy (non-hydrogen) atoms. The molecule has 0 aliphatic carbocycles. The Labute approximate surface area is 154 Å². The summed E-state index contributed by atoms with van der Waals surface area (Å²) in [6, 6.07) is 4.07. The molecule has 1 N–H and O–H groups in total. The molecule has 138 valence electrons. The van der Waals surface area contributed by atoms with E-state index in [0.29, 0.717) is 5.75 Å². The summed E-state index contributed by atoms with van der Waals surface area (Å²) < 4.78 is 7.22. The van der Waals surface area contributed by atoms with Gasteiger partial charge in [-0.25, -0.2) is 0 Å². The molecule has 1 aromatic carbocycles. The summed E-state index contributed by atoms with van der Waals surface area (Å²) in [5.74, 6) is 1.17. The van der Waals surface area contributed by atoms with Crippen LogP contribution in [0.15, 0.2) is 23.4 Å². The molecule has 2 aromatic rings. The van der Waals surface area contributed by atoms with Crippen molar-refractivity contribution < 1.29 is 14.5 Å². The maximum absolute atomic E-state index is 12.3. The highest BCUT2D eigenvalue weighted by molar-refractivity contribution is 7.99. The van der Waals surface area contributed by atoms with E-state index in [0.717, 1.165) is 36.8 Å². The van der Waals surface area contributed by atoms with Gasteiger partial charge in [0.15, 0.2) is 5.16 Å². The van der Waals surface area contributed by atoms with Crippen LogP contribution in [0.5, 0.6) is 5.75 Å². The number of benzene rings is 1. The van der Waals surface area contributed by atoms with Gasteiger partial charge >= 0.3 is 0 Å². The van der Waals surface area contributed by atoms with Crippen LogP contribution in [-0.2, 0) is 17.8 Å². The van der Waals surface area contributed by atoms with Crippen LogP contribution < -0.4 is 10.1 Å². The fraction of sp³-hybridized carbons (Fsp3) is 0.438. The van der Waals surface area contributed by atoms with Gasteiger partial charge in [0.05, 0.1) is 23.5 Å². The number of methoxy groups -OCH3 is 1. The number of ether oxygens (including phenoxy) is 1. The zero-order valence-corrected chi connectivity index (χ0v) is 15.1. The lowest BCUT2D eigenvalue weighted by Gasteiger charge is -2.10. The Balaban J connectivity index is 1.66. The fourth-order valence-electron chi connectivity index (χ4n) is 2.79. The van der Waals surface area contributed by atoms with Crippen LogP contribution in [0.4, 0.5) is 11.4 Å². The van der Waals surface area contributed by atoms with Crippen molar-refractivity contribution >= 4 is 29.0 Å². The minimum absolute atomic E-state index is 0.114. The largest absolute Gasteiger partial charge is 0.495 e. The number of amides is 1. The molecular formula is C16H19N5O4S. The van der Waals surface area contributed by atoms with E-state index < -0.39 is 4.92 Å². The molecule has 1 aliphatic rings. The van der Waals surface area contributed by atoms with Gasteiger partial charge < -0.3 is 14.6 Å². The van der Waals surface area contributed by atoms with Crippen LogP contribution in [0.2, 0.25) is 0 Å². The highest BCUT2D eigenvalue weighted by Gasteiger charge is 2.17. The molecule has 0 saturated carbocycles. The average molecular weight is 377 g/mol. The molecule has 2 heterocycles. The highest BCUT2D eigenvalue weighted by atomic mass is 32.2. The van der Waals surface area contributed by atoms with Crippen molar-refractivity contribution in [2.24, 2.45) is 0 Å². The van der Waals surface area contributed by atoms with E-state index in [1.165, 1.54) is 43.5 Å². The van der Waals surface area contributed by atoms with E-state index >= 15 is 0 Å². The molecule has 0 atom stereocenters. The van der Waals surface area contributed by atoms with Crippen molar-refractivity contribution in [3.05, 3.63) is 34.1 Å². The lowest BCUT2D eigenvalue weighted by atomic mass is 10.2. The monoisotopic (exact) mass is 377 g/mol. The summed E-state index contributed by atoms with van der Waals surface area (Å²) in [5.41, 5.74) is 0.156. The molecular weight excluding hydrogens is 358 g/mol. The summed E-state index contributed by atoms with van der Waals surface area (Å²) in [4.78, 5) is 22.7. The van der Waals surface area contributed by atoms with Gasteiger partial charge in [0.1, 0.15) is 11.6 Å². The summed E-state index contributed by atoms with van der Waals surface area (Å²) in [6.45, 7) is 0.866. The van der Waals surface area contributed by atoms with E-state index in [1.54, 1.807) is 0 Å². The summed E-state index contributed by atoms with van der Waals surface area (Å²) >= 11 is 1.30. The van der Waals surface area contributed by atoms with Crippen molar-refractivity contribution in [3.8, 4) is 5.75 Å². The fourth-order valence-corrected chi connectivity index (χ4v) is 3.57. The number of anilines is 1. The van der Waals surface area contributed by atoms with Crippen LogP contribution in [0.3, 0.4) is 0 Å². The van der Waals surface area contributed by atoms with E-state index in [4.69, 9.17) is 4.74 Å². The van der Waals surface area contributed by atoms with Gasteiger partial charge in [0, 0.05) is 25.1 Å². The summed E-state index contributed by atoms with van der Waals surface area (Å²) in [5, 5.41) is 22.7. The number of aryl methyl sites for hydroxylation is 1. The van der Waals surface area contributed by atoms with E-state index in [9.17, 15) is 14.9 Å². The zero-order chi connectivity index (χ0) is 18.5. The van der Waals surface area contributed by atoms with Gasteiger partial charge in [-0.1, -0.05) is 18.2 Å². The first-order valence-corrected chi connectivity index (χ1v) is 9.24. The minimum Gasteiger partial charge on any atom is -0.495 e. The predicted molar refractivity (Wildman–Crippen MR) is 96.6 cm³/mol.